The Morgan fingerprint density at radius 1 is 0.818 bits per heavy atom. The third-order valence-electron chi connectivity index (χ3n) is 7.79. The number of rotatable bonds is 12. The van der Waals surface area contributed by atoms with Gasteiger partial charge in [-0.1, -0.05) is 86.5 Å². The van der Waals surface area contributed by atoms with Crippen molar-refractivity contribution in [2.45, 2.75) is 98.8 Å². The van der Waals surface area contributed by atoms with E-state index in [9.17, 15) is 14.4 Å². The van der Waals surface area contributed by atoms with Crippen molar-refractivity contribution < 1.29 is 19.1 Å². The first-order valence-electron chi connectivity index (χ1n) is 15.6. The normalized spacial score (nSPS) is 12.6. The summed E-state index contributed by atoms with van der Waals surface area (Å²) in [5.74, 6) is -0.630. The highest BCUT2D eigenvalue weighted by Gasteiger charge is 2.37. The number of nitrogens with zero attached hydrogens (tertiary/aromatic N) is 1. The molecule has 0 fully saturated rings. The molecule has 3 amide bonds. The molecule has 2 atom stereocenters. The van der Waals surface area contributed by atoms with Crippen molar-refractivity contribution in [3.63, 3.8) is 0 Å². The molecule has 0 saturated heterocycles. The lowest BCUT2D eigenvalue weighted by Crippen LogP contribution is -2.53. The zero-order chi connectivity index (χ0) is 32.4. The molecule has 7 nitrogen and oxygen atoms in total. The topological polar surface area (TPSA) is 87.7 Å². The fourth-order valence-corrected chi connectivity index (χ4v) is 5.32. The van der Waals surface area contributed by atoms with E-state index in [1.807, 2.05) is 94.4 Å². The van der Waals surface area contributed by atoms with Gasteiger partial charge in [-0.2, -0.15) is 0 Å². The zero-order valence-electron chi connectivity index (χ0n) is 27.6. The summed E-state index contributed by atoms with van der Waals surface area (Å²) in [5, 5.41) is 6.01. The summed E-state index contributed by atoms with van der Waals surface area (Å²) in [5.41, 5.74) is 5.50. The Bertz CT molecular complexity index is 1410. The molecule has 0 radical (unpaired) electrons. The minimum atomic E-state index is -0.950. The third-order valence-corrected chi connectivity index (χ3v) is 7.79. The van der Waals surface area contributed by atoms with E-state index < -0.39 is 23.8 Å². The number of carbonyl (C=O) groups is 3. The van der Waals surface area contributed by atoms with Crippen LogP contribution in [0.2, 0.25) is 0 Å². The predicted molar refractivity (Wildman–Crippen MR) is 178 cm³/mol. The van der Waals surface area contributed by atoms with Crippen LogP contribution >= 0.6 is 0 Å². The Morgan fingerprint density at radius 3 is 2.05 bits per heavy atom. The molecule has 3 rings (SSSR count). The molecule has 0 aliphatic heterocycles. The molecule has 2 N–H and O–H groups in total. The van der Waals surface area contributed by atoms with Crippen molar-refractivity contribution in [3.05, 3.63) is 100 Å². The summed E-state index contributed by atoms with van der Waals surface area (Å²) in [6.45, 7) is 15.7. The number of benzene rings is 3. The third kappa shape index (κ3) is 9.43. The Hall–Kier alpha value is -4.13. The van der Waals surface area contributed by atoms with Crippen molar-refractivity contribution in [1.29, 1.82) is 0 Å². The lowest BCUT2D eigenvalue weighted by molar-refractivity contribution is -0.140. The van der Waals surface area contributed by atoms with Crippen LogP contribution in [-0.2, 0) is 20.7 Å². The van der Waals surface area contributed by atoms with Gasteiger partial charge in [0.15, 0.2) is 0 Å². The highest BCUT2D eigenvalue weighted by atomic mass is 16.6. The van der Waals surface area contributed by atoms with Gasteiger partial charge in [0.05, 0.1) is 0 Å². The molecule has 0 aliphatic carbocycles. The van der Waals surface area contributed by atoms with Crippen LogP contribution in [0.5, 0.6) is 0 Å². The maximum atomic E-state index is 14.7. The number of alkyl carbamates (subject to hydrolysis) is 1. The number of unbranched alkanes of at least 4 members (excludes halogenated alkanes) is 2. The molecule has 0 aliphatic rings. The second kappa shape index (κ2) is 15.6. The van der Waals surface area contributed by atoms with E-state index in [-0.39, 0.29) is 18.2 Å². The van der Waals surface area contributed by atoms with Crippen LogP contribution < -0.4 is 10.6 Å². The summed E-state index contributed by atoms with van der Waals surface area (Å²) in [4.78, 5) is 43.9. The number of amides is 3. The van der Waals surface area contributed by atoms with Gasteiger partial charge in [-0.3, -0.25) is 9.59 Å². The maximum Gasteiger partial charge on any atom is 0.408 e. The SMILES string of the molecule is CCCCCN(C(=O)C(Cc1ccccc1)NC(=O)OC(C)(C)C)C(C(=O)Nc1c(C)cccc1C)c1cccc(C)c1C. The molecular formula is C37H49N3O4. The standard InChI is InChI=1S/C37H49N3O4/c1-9-10-14-23-40(35(42)31(24-29-20-12-11-13-21-29)38-36(43)44-37(6,7)8)33(30-22-16-17-25(2)28(30)5)34(41)39-32-26(3)18-15-19-27(32)4/h11-13,15-22,31,33H,9-10,14,23-24H2,1-8H3,(H,38,43)(H,39,41). The number of hydrogen-bond acceptors (Lipinski definition) is 4. The molecule has 7 heteroatoms. The van der Waals surface area contributed by atoms with Gasteiger partial charge < -0.3 is 20.3 Å². The highest BCUT2D eigenvalue weighted by molar-refractivity contribution is 6.00. The molecule has 44 heavy (non-hydrogen) atoms. The van der Waals surface area contributed by atoms with Crippen LogP contribution in [0.4, 0.5) is 10.5 Å². The average Bonchev–Trinajstić information content (AvgIpc) is 2.95. The lowest BCUT2D eigenvalue weighted by atomic mass is 9.94. The summed E-state index contributed by atoms with van der Waals surface area (Å²) in [6.07, 6.45) is 2.13. The number of hydrogen-bond donors (Lipinski definition) is 2. The maximum absolute atomic E-state index is 14.7. The van der Waals surface area contributed by atoms with Gasteiger partial charge in [-0.25, -0.2) is 4.79 Å². The molecule has 0 aromatic heterocycles. The van der Waals surface area contributed by atoms with E-state index in [4.69, 9.17) is 4.74 Å². The summed E-state index contributed by atoms with van der Waals surface area (Å²) >= 11 is 0. The number of carbonyl (C=O) groups excluding carboxylic acids is 3. The molecule has 0 saturated carbocycles. The second-order valence-corrected chi connectivity index (χ2v) is 12.6. The monoisotopic (exact) mass is 599 g/mol. The smallest absolute Gasteiger partial charge is 0.408 e. The van der Waals surface area contributed by atoms with Crippen LogP contribution in [0.1, 0.15) is 86.4 Å². The number of aryl methyl sites for hydroxylation is 3. The van der Waals surface area contributed by atoms with E-state index in [0.717, 1.165) is 51.9 Å². The molecule has 3 aromatic carbocycles. The van der Waals surface area contributed by atoms with Crippen molar-refractivity contribution in [2.24, 2.45) is 0 Å². The molecule has 236 valence electrons. The van der Waals surface area contributed by atoms with Gasteiger partial charge in [0.1, 0.15) is 17.7 Å². The number of anilines is 1. The number of para-hydroxylation sites is 1. The summed E-state index contributed by atoms with van der Waals surface area (Å²) in [7, 11) is 0. The van der Waals surface area contributed by atoms with Crippen LogP contribution in [-0.4, -0.2) is 41.0 Å². The van der Waals surface area contributed by atoms with Crippen LogP contribution in [0.15, 0.2) is 66.7 Å². The minimum absolute atomic E-state index is 0.251. The Labute approximate surface area is 263 Å². The van der Waals surface area contributed by atoms with Gasteiger partial charge in [-0.15, -0.1) is 0 Å². The summed E-state index contributed by atoms with van der Waals surface area (Å²) in [6, 6.07) is 19.4. The largest absolute Gasteiger partial charge is 0.444 e. The summed E-state index contributed by atoms with van der Waals surface area (Å²) < 4.78 is 5.57. The number of nitrogens with one attached hydrogen (secondary N) is 2. The van der Waals surface area contributed by atoms with Gasteiger partial charge in [-0.05, 0) is 88.3 Å². The molecule has 3 aromatic rings. The van der Waals surface area contributed by atoms with Crippen molar-refractivity contribution in [3.8, 4) is 0 Å². The molecule has 0 heterocycles. The second-order valence-electron chi connectivity index (χ2n) is 12.6. The quantitative estimate of drug-likeness (QED) is 0.208. The molecule has 0 spiro atoms. The number of ether oxygens (including phenoxy) is 1. The van der Waals surface area contributed by atoms with Crippen LogP contribution in [0, 0.1) is 27.7 Å². The zero-order valence-corrected chi connectivity index (χ0v) is 27.6. The van der Waals surface area contributed by atoms with Gasteiger partial charge in [0.25, 0.3) is 5.91 Å². The minimum Gasteiger partial charge on any atom is -0.444 e. The van der Waals surface area contributed by atoms with E-state index in [1.165, 1.54) is 0 Å². The van der Waals surface area contributed by atoms with Crippen molar-refractivity contribution in [1.82, 2.24) is 10.2 Å². The van der Waals surface area contributed by atoms with Gasteiger partial charge in [0, 0.05) is 18.7 Å². The first kappa shape index (κ1) is 34.4. The van der Waals surface area contributed by atoms with Crippen LogP contribution in [0.25, 0.3) is 0 Å². The Balaban J connectivity index is 2.14. The fourth-order valence-electron chi connectivity index (χ4n) is 5.32. The van der Waals surface area contributed by atoms with Crippen molar-refractivity contribution in [2.75, 3.05) is 11.9 Å². The molecule has 2 unspecified atom stereocenters. The first-order chi connectivity index (χ1) is 20.8. The lowest BCUT2D eigenvalue weighted by Gasteiger charge is -2.35. The Morgan fingerprint density at radius 2 is 1.43 bits per heavy atom. The van der Waals surface area contributed by atoms with Gasteiger partial charge >= 0.3 is 6.09 Å². The Kier molecular flexibility index (Phi) is 12.1. The first-order valence-corrected chi connectivity index (χ1v) is 15.6. The van der Waals surface area contributed by atoms with E-state index in [2.05, 4.69) is 17.6 Å². The van der Waals surface area contributed by atoms with E-state index in [1.54, 1.807) is 25.7 Å². The fraction of sp³-hybridized carbons (Fsp3) is 0.432. The average molecular weight is 600 g/mol. The van der Waals surface area contributed by atoms with Crippen molar-refractivity contribution >= 4 is 23.6 Å². The molecular weight excluding hydrogens is 550 g/mol. The van der Waals surface area contributed by atoms with Gasteiger partial charge in [0.2, 0.25) is 5.91 Å². The van der Waals surface area contributed by atoms with Crippen LogP contribution in [0.3, 0.4) is 0 Å². The van der Waals surface area contributed by atoms with E-state index in [0.29, 0.717) is 13.0 Å². The highest BCUT2D eigenvalue weighted by Crippen LogP contribution is 2.30. The van der Waals surface area contributed by atoms with E-state index >= 15 is 0 Å². The molecule has 0 bridgehead atoms. The predicted octanol–water partition coefficient (Wildman–Crippen LogP) is 7.75.